The molecule has 0 spiro atoms. The number of likely N-dealkylation sites (N-methyl/N-ethyl adjacent to an activating group) is 1. The lowest BCUT2D eigenvalue weighted by molar-refractivity contribution is 0.472. The lowest BCUT2D eigenvalue weighted by Gasteiger charge is -2.17. The average Bonchev–Trinajstić information content (AvgIpc) is 3.01. The van der Waals surface area contributed by atoms with E-state index in [1.165, 1.54) is 4.31 Å². The van der Waals surface area contributed by atoms with E-state index in [2.05, 4.69) is 15.0 Å². The Balaban J connectivity index is 1.79. The molecule has 0 fully saturated rings. The van der Waals surface area contributed by atoms with E-state index in [0.717, 1.165) is 11.1 Å². The number of rotatable bonds is 5. The van der Waals surface area contributed by atoms with Crippen LogP contribution in [0.5, 0.6) is 0 Å². The van der Waals surface area contributed by atoms with E-state index >= 15 is 0 Å². The number of aromatic nitrogens is 3. The predicted molar refractivity (Wildman–Crippen MR) is 83.9 cm³/mol. The maximum absolute atomic E-state index is 12.6. The Morgan fingerprint density at radius 2 is 1.95 bits per heavy atom. The van der Waals surface area contributed by atoms with Crippen molar-refractivity contribution >= 4 is 21.1 Å². The molecule has 2 heterocycles. The first-order valence-corrected chi connectivity index (χ1v) is 8.30. The Labute approximate surface area is 128 Å². The molecule has 0 amide bonds. The summed E-state index contributed by atoms with van der Waals surface area (Å²) in [5.74, 6) is 0. The van der Waals surface area contributed by atoms with Crippen molar-refractivity contribution in [2.75, 3.05) is 13.6 Å². The van der Waals surface area contributed by atoms with E-state index in [1.807, 2.05) is 12.1 Å². The summed E-state index contributed by atoms with van der Waals surface area (Å²) in [5, 5.41) is 0. The SMILES string of the molecule is CN(CCc1ccncc1)S(=O)(=O)c1ccc2nc[nH]c2c1. The Bertz CT molecular complexity index is 875. The standard InChI is InChI=1S/C15H16N4O2S/c1-19(9-6-12-4-7-16-8-5-12)22(20,21)13-2-3-14-15(10-13)18-11-17-14/h2-5,7-8,10-11H,6,9H2,1H3,(H,17,18). The van der Waals surface area contributed by atoms with Crippen LogP contribution in [0.3, 0.4) is 0 Å². The maximum atomic E-state index is 12.6. The van der Waals surface area contributed by atoms with Gasteiger partial charge in [-0.05, 0) is 42.3 Å². The first-order valence-electron chi connectivity index (χ1n) is 6.86. The molecular formula is C15H16N4O2S. The van der Waals surface area contributed by atoms with Crippen LogP contribution in [0.25, 0.3) is 11.0 Å². The van der Waals surface area contributed by atoms with Gasteiger partial charge in [0.15, 0.2) is 0 Å². The third kappa shape index (κ3) is 2.86. The average molecular weight is 316 g/mol. The van der Waals surface area contributed by atoms with Gasteiger partial charge in [-0.1, -0.05) is 0 Å². The number of aromatic amines is 1. The fraction of sp³-hybridized carbons (Fsp3) is 0.200. The summed E-state index contributed by atoms with van der Waals surface area (Å²) in [6.45, 7) is 0.410. The molecule has 6 nitrogen and oxygen atoms in total. The van der Waals surface area contributed by atoms with Crippen LogP contribution in [-0.2, 0) is 16.4 Å². The van der Waals surface area contributed by atoms with E-state index in [9.17, 15) is 8.42 Å². The van der Waals surface area contributed by atoms with Gasteiger partial charge in [0.2, 0.25) is 10.0 Å². The Morgan fingerprint density at radius 1 is 1.18 bits per heavy atom. The number of nitrogens with zero attached hydrogens (tertiary/aromatic N) is 3. The van der Waals surface area contributed by atoms with Gasteiger partial charge < -0.3 is 4.98 Å². The topological polar surface area (TPSA) is 79.0 Å². The zero-order chi connectivity index (χ0) is 15.6. The fourth-order valence-electron chi connectivity index (χ4n) is 2.21. The molecule has 7 heteroatoms. The highest BCUT2D eigenvalue weighted by Gasteiger charge is 2.21. The lowest BCUT2D eigenvalue weighted by atomic mass is 10.2. The highest BCUT2D eigenvalue weighted by Crippen LogP contribution is 2.19. The number of nitrogens with one attached hydrogen (secondary N) is 1. The van der Waals surface area contributed by atoms with Crippen LogP contribution >= 0.6 is 0 Å². The molecule has 3 rings (SSSR count). The van der Waals surface area contributed by atoms with Crippen LogP contribution in [0.2, 0.25) is 0 Å². The van der Waals surface area contributed by atoms with Gasteiger partial charge in [0, 0.05) is 26.0 Å². The Hall–Kier alpha value is -2.25. The zero-order valence-corrected chi connectivity index (χ0v) is 12.9. The summed E-state index contributed by atoms with van der Waals surface area (Å²) in [6, 6.07) is 8.67. The van der Waals surface area contributed by atoms with Gasteiger partial charge in [-0.15, -0.1) is 0 Å². The van der Waals surface area contributed by atoms with Crippen LogP contribution < -0.4 is 0 Å². The molecule has 0 atom stereocenters. The molecule has 2 aromatic heterocycles. The van der Waals surface area contributed by atoms with Gasteiger partial charge in [0.25, 0.3) is 0 Å². The fourth-order valence-corrected chi connectivity index (χ4v) is 3.41. The third-order valence-corrected chi connectivity index (χ3v) is 5.42. The van der Waals surface area contributed by atoms with Crippen molar-refractivity contribution in [1.29, 1.82) is 0 Å². The minimum atomic E-state index is -3.51. The van der Waals surface area contributed by atoms with E-state index in [-0.39, 0.29) is 4.90 Å². The first-order chi connectivity index (χ1) is 10.6. The third-order valence-electron chi connectivity index (χ3n) is 3.56. The van der Waals surface area contributed by atoms with Crippen molar-refractivity contribution in [3.8, 4) is 0 Å². The summed E-state index contributed by atoms with van der Waals surface area (Å²) >= 11 is 0. The minimum absolute atomic E-state index is 0.265. The number of H-pyrrole nitrogens is 1. The molecule has 0 aliphatic carbocycles. The normalized spacial score (nSPS) is 12.1. The number of sulfonamides is 1. The molecule has 0 saturated carbocycles. The molecule has 3 aromatic rings. The van der Waals surface area contributed by atoms with E-state index in [1.54, 1.807) is 44.0 Å². The lowest BCUT2D eigenvalue weighted by Crippen LogP contribution is -2.29. The van der Waals surface area contributed by atoms with Crippen molar-refractivity contribution in [3.05, 3.63) is 54.6 Å². The van der Waals surface area contributed by atoms with Crippen LogP contribution in [0.4, 0.5) is 0 Å². The summed E-state index contributed by atoms with van der Waals surface area (Å²) in [7, 11) is -1.92. The quantitative estimate of drug-likeness (QED) is 0.779. The molecule has 0 saturated heterocycles. The van der Waals surface area contributed by atoms with Gasteiger partial charge in [-0.2, -0.15) is 0 Å². The van der Waals surface area contributed by atoms with Crippen molar-refractivity contribution in [2.24, 2.45) is 0 Å². The highest BCUT2D eigenvalue weighted by atomic mass is 32.2. The van der Waals surface area contributed by atoms with E-state index in [4.69, 9.17) is 0 Å². The van der Waals surface area contributed by atoms with Crippen molar-refractivity contribution < 1.29 is 8.42 Å². The van der Waals surface area contributed by atoms with Crippen LogP contribution in [0.15, 0.2) is 53.9 Å². The van der Waals surface area contributed by atoms with Crippen molar-refractivity contribution in [1.82, 2.24) is 19.3 Å². The van der Waals surface area contributed by atoms with Gasteiger partial charge in [-0.25, -0.2) is 17.7 Å². The molecule has 1 aromatic carbocycles. The van der Waals surface area contributed by atoms with E-state index < -0.39 is 10.0 Å². The van der Waals surface area contributed by atoms with Crippen molar-refractivity contribution in [2.45, 2.75) is 11.3 Å². The minimum Gasteiger partial charge on any atom is -0.345 e. The second-order valence-electron chi connectivity index (χ2n) is 5.01. The molecule has 22 heavy (non-hydrogen) atoms. The number of fused-ring (bicyclic) bond motifs is 1. The van der Waals surface area contributed by atoms with Gasteiger partial charge in [0.05, 0.1) is 22.3 Å². The predicted octanol–water partition coefficient (Wildman–Crippen LogP) is 1.82. The van der Waals surface area contributed by atoms with Crippen LogP contribution in [0.1, 0.15) is 5.56 Å². The second kappa shape index (κ2) is 5.86. The van der Waals surface area contributed by atoms with Crippen LogP contribution in [-0.4, -0.2) is 41.3 Å². The molecule has 0 unspecified atom stereocenters. The first kappa shape index (κ1) is 14.7. The Morgan fingerprint density at radius 3 is 2.73 bits per heavy atom. The van der Waals surface area contributed by atoms with Crippen LogP contribution in [0, 0.1) is 0 Å². The summed E-state index contributed by atoms with van der Waals surface area (Å²) < 4.78 is 26.6. The largest absolute Gasteiger partial charge is 0.345 e. The highest BCUT2D eigenvalue weighted by molar-refractivity contribution is 7.89. The second-order valence-corrected chi connectivity index (χ2v) is 7.06. The summed E-state index contributed by atoms with van der Waals surface area (Å²) in [4.78, 5) is 11.2. The number of imidazole rings is 1. The smallest absolute Gasteiger partial charge is 0.242 e. The number of hydrogen-bond donors (Lipinski definition) is 1. The molecule has 114 valence electrons. The molecular weight excluding hydrogens is 300 g/mol. The van der Waals surface area contributed by atoms with Gasteiger partial charge in [-0.3, -0.25) is 4.98 Å². The molecule has 1 N–H and O–H groups in total. The molecule has 0 radical (unpaired) electrons. The summed E-state index contributed by atoms with van der Waals surface area (Å²) in [6.07, 6.45) is 5.60. The van der Waals surface area contributed by atoms with Gasteiger partial charge in [0.1, 0.15) is 0 Å². The molecule has 0 aliphatic rings. The number of benzene rings is 1. The van der Waals surface area contributed by atoms with E-state index in [0.29, 0.717) is 18.5 Å². The van der Waals surface area contributed by atoms with Crippen molar-refractivity contribution in [3.63, 3.8) is 0 Å². The molecule has 0 aliphatic heterocycles. The summed E-state index contributed by atoms with van der Waals surface area (Å²) in [5.41, 5.74) is 2.52. The number of pyridine rings is 1. The Kier molecular flexibility index (Phi) is 3.91. The monoisotopic (exact) mass is 316 g/mol. The molecule has 0 bridgehead atoms. The van der Waals surface area contributed by atoms with Gasteiger partial charge >= 0.3 is 0 Å². The zero-order valence-electron chi connectivity index (χ0n) is 12.1. The maximum Gasteiger partial charge on any atom is 0.242 e. The number of hydrogen-bond acceptors (Lipinski definition) is 4.